The van der Waals surface area contributed by atoms with Crippen molar-refractivity contribution < 1.29 is 18.0 Å². The van der Waals surface area contributed by atoms with Crippen molar-refractivity contribution in [2.24, 2.45) is 0 Å². The summed E-state index contributed by atoms with van der Waals surface area (Å²) in [6, 6.07) is 21.7. The highest BCUT2D eigenvalue weighted by atomic mass is 32.2. The van der Waals surface area contributed by atoms with E-state index >= 15 is 0 Å². The third-order valence-electron chi connectivity index (χ3n) is 5.86. The molecular weight excluding hydrogens is 474 g/mol. The highest BCUT2D eigenvalue weighted by Gasteiger charge is 2.31. The second kappa shape index (κ2) is 11.1. The molecule has 3 rings (SSSR count). The van der Waals surface area contributed by atoms with Gasteiger partial charge in [0.1, 0.15) is 12.6 Å². The maximum atomic E-state index is 13.7. The number of hydrogen-bond acceptors (Lipinski definition) is 4. The molecule has 8 heteroatoms. The zero-order chi connectivity index (χ0) is 26.5. The number of amides is 2. The van der Waals surface area contributed by atoms with Gasteiger partial charge in [-0.15, -0.1) is 0 Å². The van der Waals surface area contributed by atoms with Gasteiger partial charge in [-0.05, 0) is 51.1 Å². The summed E-state index contributed by atoms with van der Waals surface area (Å²) in [6.45, 7) is 7.16. The van der Waals surface area contributed by atoms with Gasteiger partial charge >= 0.3 is 0 Å². The van der Waals surface area contributed by atoms with E-state index in [0.717, 1.165) is 26.9 Å². The van der Waals surface area contributed by atoms with Gasteiger partial charge in [-0.3, -0.25) is 13.9 Å². The van der Waals surface area contributed by atoms with Gasteiger partial charge in [0.25, 0.3) is 0 Å². The second-order valence-electron chi connectivity index (χ2n) is 10.0. The fourth-order valence-electron chi connectivity index (χ4n) is 4.06. The molecule has 0 aliphatic carbocycles. The molecule has 0 radical (unpaired) electrons. The van der Waals surface area contributed by atoms with Gasteiger partial charge in [-0.1, -0.05) is 66.7 Å². The molecule has 0 bridgehead atoms. The standard InChI is InChI=1S/C28H35N3O4S/c1-21(27(33)29-28(2,3)4)30(19-18-22-12-7-6-8-13-22)26(32)20-31(36(5,34)35)25-17-11-15-23-14-9-10-16-24(23)25/h6-17,21H,18-20H2,1-5H3,(H,29,33). The molecule has 0 saturated carbocycles. The molecule has 0 fully saturated rings. The summed E-state index contributed by atoms with van der Waals surface area (Å²) in [5.41, 5.74) is 0.979. The van der Waals surface area contributed by atoms with Crippen LogP contribution in [0.5, 0.6) is 0 Å². The Balaban J connectivity index is 1.94. The first-order valence-electron chi connectivity index (χ1n) is 12.0. The molecule has 2 amide bonds. The van der Waals surface area contributed by atoms with E-state index in [-0.39, 0.29) is 12.5 Å². The van der Waals surface area contributed by atoms with Crippen molar-refractivity contribution in [3.05, 3.63) is 78.4 Å². The first kappa shape index (κ1) is 27.2. The van der Waals surface area contributed by atoms with E-state index in [1.165, 1.54) is 4.90 Å². The number of hydrogen-bond donors (Lipinski definition) is 1. The second-order valence-corrected chi connectivity index (χ2v) is 11.9. The largest absolute Gasteiger partial charge is 0.350 e. The average molecular weight is 510 g/mol. The smallest absolute Gasteiger partial charge is 0.244 e. The van der Waals surface area contributed by atoms with Crippen LogP contribution >= 0.6 is 0 Å². The molecule has 36 heavy (non-hydrogen) atoms. The molecule has 0 aliphatic heterocycles. The molecule has 1 unspecified atom stereocenters. The Morgan fingerprint density at radius 3 is 2.17 bits per heavy atom. The maximum Gasteiger partial charge on any atom is 0.244 e. The highest BCUT2D eigenvalue weighted by Crippen LogP contribution is 2.28. The number of rotatable bonds is 9. The topological polar surface area (TPSA) is 86.8 Å². The number of anilines is 1. The fraction of sp³-hybridized carbons (Fsp3) is 0.357. The summed E-state index contributed by atoms with van der Waals surface area (Å²) in [5, 5.41) is 4.53. The quantitative estimate of drug-likeness (QED) is 0.473. The Morgan fingerprint density at radius 2 is 1.53 bits per heavy atom. The van der Waals surface area contributed by atoms with Crippen molar-refractivity contribution in [3.8, 4) is 0 Å². The van der Waals surface area contributed by atoms with Crippen LogP contribution in [0.1, 0.15) is 33.3 Å². The molecule has 3 aromatic rings. The van der Waals surface area contributed by atoms with E-state index in [0.29, 0.717) is 12.1 Å². The minimum Gasteiger partial charge on any atom is -0.350 e. The first-order chi connectivity index (χ1) is 16.9. The molecule has 192 valence electrons. The number of carbonyl (C=O) groups is 2. The third kappa shape index (κ3) is 7.07. The SMILES string of the molecule is CC(C(=O)NC(C)(C)C)N(CCc1ccccc1)C(=O)CN(c1cccc2ccccc12)S(C)(=O)=O. The number of sulfonamides is 1. The van der Waals surface area contributed by atoms with Gasteiger partial charge in [0, 0.05) is 17.5 Å². The van der Waals surface area contributed by atoms with E-state index in [9.17, 15) is 18.0 Å². The molecule has 3 aromatic carbocycles. The average Bonchev–Trinajstić information content (AvgIpc) is 2.81. The van der Waals surface area contributed by atoms with Crippen LogP contribution in [0, 0.1) is 0 Å². The monoisotopic (exact) mass is 509 g/mol. The summed E-state index contributed by atoms with van der Waals surface area (Å²) in [5.74, 6) is -0.735. The van der Waals surface area contributed by atoms with Gasteiger partial charge < -0.3 is 10.2 Å². The predicted molar refractivity (Wildman–Crippen MR) is 145 cm³/mol. The number of fused-ring (bicyclic) bond motifs is 1. The molecule has 1 atom stereocenters. The molecule has 0 spiro atoms. The van der Waals surface area contributed by atoms with E-state index < -0.39 is 34.1 Å². The van der Waals surface area contributed by atoms with Gasteiger partial charge in [0.05, 0.1) is 11.9 Å². The van der Waals surface area contributed by atoms with E-state index in [1.807, 2.05) is 81.4 Å². The van der Waals surface area contributed by atoms with Crippen molar-refractivity contribution in [1.82, 2.24) is 10.2 Å². The zero-order valence-electron chi connectivity index (χ0n) is 21.6. The van der Waals surface area contributed by atoms with Gasteiger partial charge in [0.2, 0.25) is 21.8 Å². The van der Waals surface area contributed by atoms with E-state index in [4.69, 9.17) is 0 Å². The van der Waals surface area contributed by atoms with Crippen molar-refractivity contribution >= 4 is 38.3 Å². The molecule has 1 N–H and O–H groups in total. The normalized spacial score (nSPS) is 12.7. The molecular formula is C28H35N3O4S. The van der Waals surface area contributed by atoms with Gasteiger partial charge in [-0.25, -0.2) is 8.42 Å². The summed E-state index contributed by atoms with van der Waals surface area (Å²) in [4.78, 5) is 28.2. The lowest BCUT2D eigenvalue weighted by molar-refractivity contribution is -0.139. The lowest BCUT2D eigenvalue weighted by Crippen LogP contribution is -2.55. The van der Waals surface area contributed by atoms with Crippen LogP contribution in [0.4, 0.5) is 5.69 Å². The van der Waals surface area contributed by atoms with Crippen LogP contribution in [0.25, 0.3) is 10.8 Å². The van der Waals surface area contributed by atoms with E-state index in [1.54, 1.807) is 19.1 Å². The molecule has 0 aromatic heterocycles. The number of carbonyl (C=O) groups excluding carboxylic acids is 2. The lowest BCUT2D eigenvalue weighted by Gasteiger charge is -2.33. The van der Waals surface area contributed by atoms with Crippen LogP contribution in [0.2, 0.25) is 0 Å². The number of nitrogens with one attached hydrogen (secondary N) is 1. The summed E-state index contributed by atoms with van der Waals surface area (Å²) < 4.78 is 26.9. The van der Waals surface area contributed by atoms with Crippen molar-refractivity contribution in [2.75, 3.05) is 23.7 Å². The molecule has 0 aliphatic rings. The van der Waals surface area contributed by atoms with Crippen LogP contribution in [-0.4, -0.2) is 56.1 Å². The minimum atomic E-state index is -3.79. The Kier molecular flexibility index (Phi) is 8.40. The molecule has 0 heterocycles. The Hall–Kier alpha value is -3.39. The lowest BCUT2D eigenvalue weighted by atomic mass is 10.1. The van der Waals surface area contributed by atoms with Gasteiger partial charge in [-0.2, -0.15) is 0 Å². The first-order valence-corrected chi connectivity index (χ1v) is 13.8. The third-order valence-corrected chi connectivity index (χ3v) is 6.99. The molecule has 0 saturated heterocycles. The van der Waals surface area contributed by atoms with Crippen LogP contribution < -0.4 is 9.62 Å². The maximum absolute atomic E-state index is 13.7. The highest BCUT2D eigenvalue weighted by molar-refractivity contribution is 7.92. The van der Waals surface area contributed by atoms with Crippen LogP contribution in [0.15, 0.2) is 72.8 Å². The Labute approximate surface area is 214 Å². The Bertz CT molecular complexity index is 1310. The van der Waals surface area contributed by atoms with Crippen molar-refractivity contribution in [1.29, 1.82) is 0 Å². The van der Waals surface area contributed by atoms with Gasteiger partial charge in [0.15, 0.2) is 0 Å². The minimum absolute atomic E-state index is 0.273. The molecule has 7 nitrogen and oxygen atoms in total. The summed E-state index contributed by atoms with van der Waals surface area (Å²) >= 11 is 0. The van der Waals surface area contributed by atoms with Crippen molar-refractivity contribution in [2.45, 2.75) is 45.7 Å². The van der Waals surface area contributed by atoms with E-state index in [2.05, 4.69) is 5.32 Å². The van der Waals surface area contributed by atoms with Crippen molar-refractivity contribution in [3.63, 3.8) is 0 Å². The van der Waals surface area contributed by atoms with Crippen LogP contribution in [-0.2, 0) is 26.0 Å². The van der Waals surface area contributed by atoms with Crippen LogP contribution in [0.3, 0.4) is 0 Å². The fourth-order valence-corrected chi connectivity index (χ4v) is 4.93. The zero-order valence-corrected chi connectivity index (χ0v) is 22.4. The number of benzene rings is 3. The summed E-state index contributed by atoms with van der Waals surface area (Å²) in [6.07, 6.45) is 1.62. The number of nitrogens with zero attached hydrogens (tertiary/aromatic N) is 2. The Morgan fingerprint density at radius 1 is 0.917 bits per heavy atom. The summed E-state index contributed by atoms with van der Waals surface area (Å²) in [7, 11) is -3.79. The predicted octanol–water partition coefficient (Wildman–Crippen LogP) is 3.98.